The first-order valence-corrected chi connectivity index (χ1v) is 9.09. The summed E-state index contributed by atoms with van der Waals surface area (Å²) in [5.41, 5.74) is 1.06. The minimum absolute atomic E-state index is 0.241. The van der Waals surface area contributed by atoms with E-state index in [4.69, 9.17) is 4.74 Å². The molecule has 0 heterocycles. The summed E-state index contributed by atoms with van der Waals surface area (Å²) in [5.74, 6) is 0. The average Bonchev–Trinajstić information content (AvgIpc) is 2.48. The standard InChI is InChI=1S/C16H18BrNO3S/c1-21-12-15(11-13-5-3-2-4-6-13)18-22(19,20)16-9-7-14(17)8-10-16/h2-10,15,18H,11-12H2,1H3. The maximum atomic E-state index is 12.4. The summed E-state index contributed by atoms with van der Waals surface area (Å²) >= 11 is 3.30. The van der Waals surface area contributed by atoms with Gasteiger partial charge in [-0.05, 0) is 36.2 Å². The molecular formula is C16H18BrNO3S. The van der Waals surface area contributed by atoms with Gasteiger partial charge in [0, 0.05) is 17.6 Å². The highest BCUT2D eigenvalue weighted by Gasteiger charge is 2.20. The highest BCUT2D eigenvalue weighted by Crippen LogP contribution is 2.15. The van der Waals surface area contributed by atoms with Crippen molar-refractivity contribution in [2.24, 2.45) is 0 Å². The molecule has 1 N–H and O–H groups in total. The topological polar surface area (TPSA) is 55.4 Å². The van der Waals surface area contributed by atoms with Crippen molar-refractivity contribution in [3.8, 4) is 0 Å². The summed E-state index contributed by atoms with van der Waals surface area (Å²) in [5, 5.41) is 0. The summed E-state index contributed by atoms with van der Waals surface area (Å²) in [6.45, 7) is 0.310. The second-order valence-electron chi connectivity index (χ2n) is 4.92. The second kappa shape index (κ2) is 7.87. The van der Waals surface area contributed by atoms with Gasteiger partial charge in [-0.1, -0.05) is 46.3 Å². The molecule has 22 heavy (non-hydrogen) atoms. The van der Waals surface area contributed by atoms with Gasteiger partial charge in [0.15, 0.2) is 0 Å². The fraction of sp³-hybridized carbons (Fsp3) is 0.250. The average molecular weight is 384 g/mol. The Balaban J connectivity index is 2.14. The van der Waals surface area contributed by atoms with Gasteiger partial charge < -0.3 is 4.74 Å². The van der Waals surface area contributed by atoms with Crippen molar-refractivity contribution >= 4 is 26.0 Å². The van der Waals surface area contributed by atoms with E-state index in [0.717, 1.165) is 10.0 Å². The van der Waals surface area contributed by atoms with Crippen molar-refractivity contribution in [1.29, 1.82) is 0 Å². The van der Waals surface area contributed by atoms with Gasteiger partial charge in [0.25, 0.3) is 0 Å². The number of benzene rings is 2. The normalized spacial score (nSPS) is 13.0. The molecule has 118 valence electrons. The van der Waals surface area contributed by atoms with Crippen molar-refractivity contribution in [3.63, 3.8) is 0 Å². The van der Waals surface area contributed by atoms with E-state index in [1.807, 2.05) is 30.3 Å². The van der Waals surface area contributed by atoms with Crippen molar-refractivity contribution in [2.45, 2.75) is 17.4 Å². The molecule has 1 atom stereocenters. The van der Waals surface area contributed by atoms with E-state index in [1.165, 1.54) is 0 Å². The first kappa shape index (κ1) is 17.1. The quantitative estimate of drug-likeness (QED) is 0.799. The Bertz CT molecular complexity index is 687. The molecule has 2 rings (SSSR count). The van der Waals surface area contributed by atoms with E-state index in [0.29, 0.717) is 13.0 Å². The molecule has 0 amide bonds. The van der Waals surface area contributed by atoms with Crippen molar-refractivity contribution in [1.82, 2.24) is 4.72 Å². The lowest BCUT2D eigenvalue weighted by molar-refractivity contribution is 0.174. The van der Waals surface area contributed by atoms with Gasteiger partial charge in [0.1, 0.15) is 0 Å². The van der Waals surface area contributed by atoms with Gasteiger partial charge in [-0.25, -0.2) is 13.1 Å². The Labute approximate surface area is 139 Å². The third-order valence-electron chi connectivity index (χ3n) is 3.14. The smallest absolute Gasteiger partial charge is 0.240 e. The minimum Gasteiger partial charge on any atom is -0.383 e. The molecule has 0 fully saturated rings. The van der Waals surface area contributed by atoms with Gasteiger partial charge in [0.05, 0.1) is 11.5 Å². The van der Waals surface area contributed by atoms with Crippen LogP contribution in [0.4, 0.5) is 0 Å². The largest absolute Gasteiger partial charge is 0.383 e. The molecule has 0 aromatic heterocycles. The summed E-state index contributed by atoms with van der Waals surface area (Å²) in [6.07, 6.45) is 0.574. The molecule has 0 saturated carbocycles. The Morgan fingerprint density at radius 2 is 1.73 bits per heavy atom. The fourth-order valence-corrected chi connectivity index (χ4v) is 3.62. The Morgan fingerprint density at radius 1 is 1.09 bits per heavy atom. The Kier molecular flexibility index (Phi) is 6.14. The van der Waals surface area contributed by atoms with Crippen molar-refractivity contribution < 1.29 is 13.2 Å². The van der Waals surface area contributed by atoms with Crippen LogP contribution in [-0.4, -0.2) is 28.2 Å². The zero-order valence-corrected chi connectivity index (χ0v) is 14.6. The Morgan fingerprint density at radius 3 is 2.32 bits per heavy atom. The molecule has 0 spiro atoms. The van der Waals surface area contributed by atoms with Gasteiger partial charge in [-0.15, -0.1) is 0 Å². The van der Waals surface area contributed by atoms with Crippen LogP contribution in [-0.2, 0) is 21.2 Å². The molecule has 0 aliphatic carbocycles. The second-order valence-corrected chi connectivity index (χ2v) is 7.55. The molecule has 2 aromatic rings. The van der Waals surface area contributed by atoms with Crippen LogP contribution in [0.5, 0.6) is 0 Å². The van der Waals surface area contributed by atoms with E-state index in [2.05, 4.69) is 20.7 Å². The molecule has 6 heteroatoms. The number of nitrogens with one attached hydrogen (secondary N) is 1. The lowest BCUT2D eigenvalue weighted by Crippen LogP contribution is -2.39. The molecule has 0 radical (unpaired) electrons. The molecule has 4 nitrogen and oxygen atoms in total. The van der Waals surface area contributed by atoms with E-state index in [-0.39, 0.29) is 10.9 Å². The molecular weight excluding hydrogens is 366 g/mol. The van der Waals surface area contributed by atoms with Crippen LogP contribution < -0.4 is 4.72 Å². The summed E-state index contributed by atoms with van der Waals surface area (Å²) < 4.78 is 33.6. The number of ether oxygens (including phenoxy) is 1. The summed E-state index contributed by atoms with van der Waals surface area (Å²) in [6, 6.07) is 16.0. The van der Waals surface area contributed by atoms with E-state index >= 15 is 0 Å². The molecule has 0 saturated heterocycles. The van der Waals surface area contributed by atoms with Crippen LogP contribution in [0.1, 0.15) is 5.56 Å². The molecule has 0 aliphatic heterocycles. The lowest BCUT2D eigenvalue weighted by Gasteiger charge is -2.18. The lowest BCUT2D eigenvalue weighted by atomic mass is 10.1. The van der Waals surface area contributed by atoms with Crippen LogP contribution in [0.2, 0.25) is 0 Å². The predicted octanol–water partition coefficient (Wildman–Crippen LogP) is 2.99. The highest BCUT2D eigenvalue weighted by atomic mass is 79.9. The van der Waals surface area contributed by atoms with Gasteiger partial charge in [-0.3, -0.25) is 0 Å². The van der Waals surface area contributed by atoms with Crippen molar-refractivity contribution in [3.05, 3.63) is 64.6 Å². The molecule has 2 aromatic carbocycles. The van der Waals surface area contributed by atoms with Crippen LogP contribution in [0.25, 0.3) is 0 Å². The van der Waals surface area contributed by atoms with Gasteiger partial charge >= 0.3 is 0 Å². The fourth-order valence-electron chi connectivity index (χ4n) is 2.14. The first-order chi connectivity index (χ1) is 10.5. The summed E-state index contributed by atoms with van der Waals surface area (Å²) in [4.78, 5) is 0.241. The highest BCUT2D eigenvalue weighted by molar-refractivity contribution is 9.10. The van der Waals surface area contributed by atoms with Gasteiger partial charge in [-0.2, -0.15) is 0 Å². The number of halogens is 1. The molecule has 1 unspecified atom stereocenters. The van der Waals surface area contributed by atoms with E-state index in [1.54, 1.807) is 31.4 Å². The number of hydrogen-bond donors (Lipinski definition) is 1. The molecule has 0 aliphatic rings. The predicted molar refractivity (Wildman–Crippen MR) is 90.3 cm³/mol. The van der Waals surface area contributed by atoms with Crippen LogP contribution >= 0.6 is 15.9 Å². The monoisotopic (exact) mass is 383 g/mol. The first-order valence-electron chi connectivity index (χ1n) is 6.82. The maximum absolute atomic E-state index is 12.4. The van der Waals surface area contributed by atoms with Gasteiger partial charge in [0.2, 0.25) is 10.0 Å². The third kappa shape index (κ3) is 4.91. The number of sulfonamides is 1. The van der Waals surface area contributed by atoms with Crippen LogP contribution in [0.3, 0.4) is 0 Å². The number of rotatable bonds is 7. The summed E-state index contributed by atoms with van der Waals surface area (Å²) in [7, 11) is -2.01. The number of hydrogen-bond acceptors (Lipinski definition) is 3. The zero-order valence-electron chi connectivity index (χ0n) is 12.2. The zero-order chi connectivity index (χ0) is 16.0. The van der Waals surface area contributed by atoms with Crippen LogP contribution in [0.15, 0.2) is 64.0 Å². The van der Waals surface area contributed by atoms with E-state index < -0.39 is 10.0 Å². The number of methoxy groups -OCH3 is 1. The molecule has 0 bridgehead atoms. The van der Waals surface area contributed by atoms with Crippen molar-refractivity contribution in [2.75, 3.05) is 13.7 Å². The van der Waals surface area contributed by atoms with Crippen LogP contribution in [0, 0.1) is 0 Å². The SMILES string of the molecule is COCC(Cc1ccccc1)NS(=O)(=O)c1ccc(Br)cc1. The minimum atomic E-state index is -3.57. The maximum Gasteiger partial charge on any atom is 0.240 e. The van der Waals surface area contributed by atoms with E-state index in [9.17, 15) is 8.42 Å². The third-order valence-corrected chi connectivity index (χ3v) is 5.20. The Hall–Kier alpha value is -1.21.